The number of hydrogen-bond donors (Lipinski definition) is 1. The molecule has 0 aliphatic carbocycles. The number of rotatable bonds is 5. The largest absolute Gasteiger partial charge is 0.419 e. The Bertz CT molecular complexity index is 876. The van der Waals surface area contributed by atoms with Gasteiger partial charge in [0.15, 0.2) is 5.58 Å². The molecular weight excluding hydrogens is 330 g/mol. The second kappa shape index (κ2) is 6.70. The molecule has 0 atom stereocenters. The van der Waals surface area contributed by atoms with Gasteiger partial charge in [-0.2, -0.15) is 4.31 Å². The van der Waals surface area contributed by atoms with E-state index in [9.17, 15) is 13.2 Å². The fourth-order valence-electron chi connectivity index (χ4n) is 3.21. The maximum Gasteiger partial charge on any atom is 0.419 e. The number of sulfonamides is 1. The first-order chi connectivity index (χ1) is 11.4. The van der Waals surface area contributed by atoms with Crippen LogP contribution in [0, 0.1) is 5.92 Å². The molecular formula is C16H23N3O4S. The summed E-state index contributed by atoms with van der Waals surface area (Å²) < 4.78 is 33.7. The topological polar surface area (TPSA) is 84.6 Å². The first-order valence-electron chi connectivity index (χ1n) is 8.18. The van der Waals surface area contributed by atoms with Crippen LogP contribution in [0.2, 0.25) is 0 Å². The Hall–Kier alpha value is -1.64. The van der Waals surface area contributed by atoms with Gasteiger partial charge in [-0.1, -0.05) is 0 Å². The van der Waals surface area contributed by atoms with E-state index in [2.05, 4.69) is 5.32 Å². The van der Waals surface area contributed by atoms with Crippen molar-refractivity contribution >= 4 is 21.1 Å². The molecule has 1 aromatic heterocycles. The molecule has 1 N–H and O–H groups in total. The van der Waals surface area contributed by atoms with Crippen molar-refractivity contribution in [1.29, 1.82) is 0 Å². The summed E-state index contributed by atoms with van der Waals surface area (Å²) in [6.07, 6.45) is 2.83. The zero-order chi connectivity index (χ0) is 17.3. The fraction of sp³-hybridized carbons (Fsp3) is 0.562. The van der Waals surface area contributed by atoms with E-state index >= 15 is 0 Å². The molecule has 2 aromatic rings. The number of piperidine rings is 1. The Morgan fingerprint density at radius 1 is 1.29 bits per heavy atom. The van der Waals surface area contributed by atoms with E-state index < -0.39 is 15.8 Å². The highest BCUT2D eigenvalue weighted by Gasteiger charge is 2.29. The second-order valence-electron chi connectivity index (χ2n) is 6.30. The first kappa shape index (κ1) is 17.2. The summed E-state index contributed by atoms with van der Waals surface area (Å²) in [4.78, 5) is 11.7. The molecule has 2 heterocycles. The Balaban J connectivity index is 1.80. The normalized spacial score (nSPS) is 17.6. The number of aromatic nitrogens is 1. The van der Waals surface area contributed by atoms with Crippen LogP contribution in [0.15, 0.2) is 32.3 Å². The van der Waals surface area contributed by atoms with Gasteiger partial charge in [-0.25, -0.2) is 13.2 Å². The van der Waals surface area contributed by atoms with Crippen molar-refractivity contribution in [3.8, 4) is 0 Å². The molecule has 1 aliphatic rings. The van der Waals surface area contributed by atoms with Crippen LogP contribution in [-0.4, -0.2) is 44.0 Å². The SMILES string of the molecule is CNCCC1CCN(S(=O)(=O)c2ccc3c(c2)oc(=O)n3C)CC1. The summed E-state index contributed by atoms with van der Waals surface area (Å²) in [5.41, 5.74) is 0.886. The third kappa shape index (κ3) is 3.13. The van der Waals surface area contributed by atoms with Gasteiger partial charge in [-0.3, -0.25) is 4.57 Å². The molecule has 132 valence electrons. The van der Waals surface area contributed by atoms with E-state index in [0.29, 0.717) is 30.1 Å². The molecule has 7 nitrogen and oxygen atoms in total. The predicted octanol–water partition coefficient (Wildman–Crippen LogP) is 1.14. The lowest BCUT2D eigenvalue weighted by Gasteiger charge is -2.31. The van der Waals surface area contributed by atoms with Gasteiger partial charge < -0.3 is 9.73 Å². The van der Waals surface area contributed by atoms with Crippen molar-refractivity contribution in [2.24, 2.45) is 13.0 Å². The summed E-state index contributed by atoms with van der Waals surface area (Å²) in [6, 6.07) is 4.60. The molecule has 1 aliphatic heterocycles. The summed E-state index contributed by atoms with van der Waals surface area (Å²) in [5, 5.41) is 3.14. The third-order valence-electron chi connectivity index (χ3n) is 4.78. The highest BCUT2D eigenvalue weighted by Crippen LogP contribution is 2.27. The van der Waals surface area contributed by atoms with Gasteiger partial charge in [0.2, 0.25) is 10.0 Å². The molecule has 0 spiro atoms. The van der Waals surface area contributed by atoms with E-state index in [1.165, 1.54) is 14.9 Å². The minimum Gasteiger partial charge on any atom is -0.408 e. The fourth-order valence-corrected chi connectivity index (χ4v) is 4.70. The van der Waals surface area contributed by atoms with Crippen LogP contribution in [-0.2, 0) is 17.1 Å². The van der Waals surface area contributed by atoms with Gasteiger partial charge in [-0.15, -0.1) is 0 Å². The first-order valence-corrected chi connectivity index (χ1v) is 9.62. The monoisotopic (exact) mass is 353 g/mol. The molecule has 1 aromatic carbocycles. The van der Waals surface area contributed by atoms with Gasteiger partial charge in [0.25, 0.3) is 0 Å². The minimum atomic E-state index is -3.55. The van der Waals surface area contributed by atoms with Crippen LogP contribution in [0.4, 0.5) is 0 Å². The Labute approximate surface area is 141 Å². The molecule has 1 saturated heterocycles. The van der Waals surface area contributed by atoms with Crippen LogP contribution in [0.25, 0.3) is 11.1 Å². The number of nitrogens with one attached hydrogen (secondary N) is 1. The smallest absolute Gasteiger partial charge is 0.408 e. The molecule has 0 unspecified atom stereocenters. The van der Waals surface area contributed by atoms with E-state index in [0.717, 1.165) is 25.8 Å². The Morgan fingerprint density at radius 3 is 2.67 bits per heavy atom. The minimum absolute atomic E-state index is 0.179. The number of nitrogens with zero attached hydrogens (tertiary/aromatic N) is 2. The van der Waals surface area contributed by atoms with Crippen molar-refractivity contribution in [3.05, 3.63) is 28.7 Å². The van der Waals surface area contributed by atoms with Crippen molar-refractivity contribution in [3.63, 3.8) is 0 Å². The number of oxazole rings is 1. The number of benzene rings is 1. The van der Waals surface area contributed by atoms with Gasteiger partial charge in [0.1, 0.15) is 0 Å². The summed E-state index contributed by atoms with van der Waals surface area (Å²) >= 11 is 0. The standard InChI is InChI=1S/C16H23N3O4S/c1-17-8-5-12-6-9-19(10-7-12)24(21,22)13-3-4-14-15(11-13)23-16(20)18(14)2/h3-4,11-12,17H,5-10H2,1-2H3. The summed E-state index contributed by atoms with van der Waals surface area (Å²) in [6.45, 7) is 2.03. The molecule has 0 amide bonds. The average Bonchev–Trinajstić information content (AvgIpc) is 2.87. The molecule has 0 saturated carbocycles. The van der Waals surface area contributed by atoms with E-state index in [4.69, 9.17) is 4.42 Å². The summed E-state index contributed by atoms with van der Waals surface area (Å²) in [5.74, 6) is 0.0726. The zero-order valence-electron chi connectivity index (χ0n) is 14.0. The van der Waals surface area contributed by atoms with Crippen LogP contribution in [0.5, 0.6) is 0 Å². The molecule has 1 fully saturated rings. The maximum absolute atomic E-state index is 12.8. The molecule has 0 bridgehead atoms. The van der Waals surface area contributed by atoms with Crippen molar-refractivity contribution in [2.45, 2.75) is 24.2 Å². The van der Waals surface area contributed by atoms with Gasteiger partial charge in [0.05, 0.1) is 10.4 Å². The lowest BCUT2D eigenvalue weighted by Crippen LogP contribution is -2.38. The van der Waals surface area contributed by atoms with Crippen LogP contribution in [0.3, 0.4) is 0 Å². The van der Waals surface area contributed by atoms with Crippen LogP contribution >= 0.6 is 0 Å². The van der Waals surface area contributed by atoms with Crippen molar-refractivity contribution < 1.29 is 12.8 Å². The highest BCUT2D eigenvalue weighted by molar-refractivity contribution is 7.89. The number of fused-ring (bicyclic) bond motifs is 1. The van der Waals surface area contributed by atoms with Crippen LogP contribution < -0.4 is 11.1 Å². The summed E-state index contributed by atoms with van der Waals surface area (Å²) in [7, 11) is -0.0308. The zero-order valence-corrected chi connectivity index (χ0v) is 14.8. The van der Waals surface area contributed by atoms with Gasteiger partial charge >= 0.3 is 5.76 Å². The van der Waals surface area contributed by atoms with Crippen molar-refractivity contribution in [1.82, 2.24) is 14.2 Å². The maximum atomic E-state index is 12.8. The predicted molar refractivity (Wildman–Crippen MR) is 91.5 cm³/mol. The van der Waals surface area contributed by atoms with E-state index in [-0.39, 0.29) is 4.90 Å². The molecule has 24 heavy (non-hydrogen) atoms. The average molecular weight is 353 g/mol. The third-order valence-corrected chi connectivity index (χ3v) is 6.67. The Kier molecular flexibility index (Phi) is 4.80. The van der Waals surface area contributed by atoms with Crippen molar-refractivity contribution in [2.75, 3.05) is 26.7 Å². The van der Waals surface area contributed by atoms with E-state index in [1.54, 1.807) is 19.2 Å². The molecule has 8 heteroatoms. The van der Waals surface area contributed by atoms with Gasteiger partial charge in [-0.05, 0) is 50.9 Å². The lowest BCUT2D eigenvalue weighted by molar-refractivity contribution is 0.263. The second-order valence-corrected chi connectivity index (χ2v) is 8.23. The lowest BCUT2D eigenvalue weighted by atomic mass is 9.95. The number of hydrogen-bond acceptors (Lipinski definition) is 5. The van der Waals surface area contributed by atoms with Gasteiger partial charge in [0, 0.05) is 26.2 Å². The highest BCUT2D eigenvalue weighted by atomic mass is 32.2. The number of aryl methyl sites for hydroxylation is 1. The van der Waals surface area contributed by atoms with Crippen LogP contribution in [0.1, 0.15) is 19.3 Å². The quantitative estimate of drug-likeness (QED) is 0.871. The van der Waals surface area contributed by atoms with E-state index in [1.807, 2.05) is 7.05 Å². The molecule has 0 radical (unpaired) electrons. The molecule has 3 rings (SSSR count). The Morgan fingerprint density at radius 2 is 2.00 bits per heavy atom.